The molecule has 2 aliphatic heterocycles. The molecule has 2 amide bonds. The molecule has 1 saturated heterocycles. The Morgan fingerprint density at radius 1 is 1.47 bits per heavy atom. The summed E-state index contributed by atoms with van der Waals surface area (Å²) in [6.07, 6.45) is 3.50. The average Bonchev–Trinajstić information content (AvgIpc) is 3.06. The van der Waals surface area contributed by atoms with E-state index >= 15 is 0 Å². The number of nitrogens with zero attached hydrogens (tertiary/aromatic N) is 3. The fourth-order valence-corrected chi connectivity index (χ4v) is 3.61. The van der Waals surface area contributed by atoms with Crippen molar-refractivity contribution in [2.75, 3.05) is 13.1 Å². The Morgan fingerprint density at radius 2 is 2.16 bits per heavy atom. The Labute approximate surface area is 114 Å². The number of carbonyl (C=O) groups is 1. The van der Waals surface area contributed by atoms with Crippen LogP contribution >= 0.6 is 0 Å². The molecule has 2 atom stereocenters. The maximum Gasteiger partial charge on any atom is 0.346 e. The van der Waals surface area contributed by atoms with Crippen LogP contribution in [0.3, 0.4) is 0 Å². The van der Waals surface area contributed by atoms with Gasteiger partial charge in [-0.25, -0.2) is 4.79 Å². The molecule has 1 spiro atoms. The van der Waals surface area contributed by atoms with Crippen molar-refractivity contribution < 1.29 is 4.79 Å². The normalized spacial score (nSPS) is 35.8. The molecule has 19 heavy (non-hydrogen) atoms. The number of amides is 2. The van der Waals surface area contributed by atoms with Gasteiger partial charge in [0.15, 0.2) is 0 Å². The first kappa shape index (κ1) is 12.9. The van der Waals surface area contributed by atoms with Crippen LogP contribution in [0.15, 0.2) is 4.99 Å². The second-order valence-corrected chi connectivity index (χ2v) is 6.77. The number of urea groups is 1. The first-order chi connectivity index (χ1) is 8.94. The van der Waals surface area contributed by atoms with Gasteiger partial charge in [-0.3, -0.25) is 4.90 Å². The molecule has 0 bridgehead atoms. The number of likely N-dealkylation sites (tertiary alicyclic amines) is 1. The van der Waals surface area contributed by atoms with Gasteiger partial charge in [-0.05, 0) is 32.1 Å². The number of hydrogen-bond acceptors (Lipinski definition) is 3. The summed E-state index contributed by atoms with van der Waals surface area (Å²) >= 11 is 0. The van der Waals surface area contributed by atoms with Crippen molar-refractivity contribution in [1.29, 1.82) is 0 Å². The highest BCUT2D eigenvalue weighted by Crippen LogP contribution is 2.42. The van der Waals surface area contributed by atoms with Crippen LogP contribution in [-0.2, 0) is 0 Å². The van der Waals surface area contributed by atoms with Crippen LogP contribution < -0.4 is 5.73 Å². The van der Waals surface area contributed by atoms with Gasteiger partial charge in [0.2, 0.25) is 0 Å². The third-order valence-electron chi connectivity index (χ3n) is 4.65. The lowest BCUT2D eigenvalue weighted by atomic mass is 9.93. The van der Waals surface area contributed by atoms with E-state index in [1.165, 1.54) is 12.8 Å². The van der Waals surface area contributed by atoms with Crippen LogP contribution in [0, 0.1) is 5.92 Å². The molecule has 3 rings (SSSR count). The van der Waals surface area contributed by atoms with E-state index in [1.807, 2.05) is 4.90 Å². The molecule has 0 radical (unpaired) electrons. The van der Waals surface area contributed by atoms with Crippen molar-refractivity contribution >= 4 is 11.9 Å². The highest BCUT2D eigenvalue weighted by atomic mass is 16.2. The van der Waals surface area contributed by atoms with E-state index < -0.39 is 0 Å². The molecule has 2 fully saturated rings. The van der Waals surface area contributed by atoms with Gasteiger partial charge in [-0.15, -0.1) is 0 Å². The minimum atomic E-state index is -0.330. The minimum Gasteiger partial charge on any atom is -0.385 e. The molecule has 106 valence electrons. The molecule has 2 unspecified atom stereocenters. The zero-order valence-electron chi connectivity index (χ0n) is 12.1. The molecule has 0 aromatic heterocycles. The van der Waals surface area contributed by atoms with Gasteiger partial charge in [0.25, 0.3) is 0 Å². The number of carbonyl (C=O) groups excluding carboxylic acids is 1. The summed E-state index contributed by atoms with van der Waals surface area (Å²) in [5.41, 5.74) is 5.81. The van der Waals surface area contributed by atoms with Crippen LogP contribution in [0.4, 0.5) is 4.79 Å². The highest BCUT2D eigenvalue weighted by molar-refractivity contribution is 6.06. The third-order valence-corrected chi connectivity index (χ3v) is 4.65. The SMILES string of the molecule is CC(C)CN1C(=O)N=C(N)C12CC(C)N(C1CC1)C2. The zero-order chi connectivity index (χ0) is 13.8. The molecule has 2 N–H and O–H groups in total. The van der Waals surface area contributed by atoms with Gasteiger partial charge < -0.3 is 10.6 Å². The molecule has 5 heteroatoms. The maximum atomic E-state index is 12.1. The van der Waals surface area contributed by atoms with Gasteiger partial charge >= 0.3 is 6.03 Å². The molecule has 3 aliphatic rings. The van der Waals surface area contributed by atoms with Crippen LogP contribution in [0.25, 0.3) is 0 Å². The smallest absolute Gasteiger partial charge is 0.346 e. The predicted octanol–water partition coefficient (Wildman–Crippen LogP) is 1.43. The number of aliphatic imine (C=N–C) groups is 1. The Morgan fingerprint density at radius 3 is 2.74 bits per heavy atom. The Kier molecular flexibility index (Phi) is 2.85. The van der Waals surface area contributed by atoms with Gasteiger partial charge in [0.05, 0.1) is 0 Å². The van der Waals surface area contributed by atoms with E-state index in [0.29, 0.717) is 23.8 Å². The van der Waals surface area contributed by atoms with E-state index in [2.05, 4.69) is 30.7 Å². The molecule has 0 aromatic rings. The Bertz CT molecular complexity index is 429. The average molecular weight is 264 g/mol. The fourth-order valence-electron chi connectivity index (χ4n) is 3.61. The van der Waals surface area contributed by atoms with Crippen molar-refractivity contribution in [2.24, 2.45) is 16.6 Å². The van der Waals surface area contributed by atoms with E-state index in [1.54, 1.807) is 0 Å². The lowest BCUT2D eigenvalue weighted by Gasteiger charge is -2.35. The summed E-state index contributed by atoms with van der Waals surface area (Å²) in [5, 5.41) is 0. The minimum absolute atomic E-state index is 0.143. The van der Waals surface area contributed by atoms with Gasteiger partial charge in [0, 0.05) is 25.2 Å². The van der Waals surface area contributed by atoms with Crippen molar-refractivity contribution in [3.63, 3.8) is 0 Å². The lowest BCUT2D eigenvalue weighted by molar-refractivity contribution is 0.158. The van der Waals surface area contributed by atoms with Crippen molar-refractivity contribution in [2.45, 2.75) is 57.7 Å². The first-order valence-corrected chi connectivity index (χ1v) is 7.36. The van der Waals surface area contributed by atoms with Crippen molar-refractivity contribution in [3.05, 3.63) is 0 Å². The van der Waals surface area contributed by atoms with E-state index in [-0.39, 0.29) is 11.6 Å². The predicted molar refractivity (Wildman–Crippen MR) is 75.1 cm³/mol. The topological polar surface area (TPSA) is 61.9 Å². The molecule has 1 saturated carbocycles. The second kappa shape index (κ2) is 4.20. The molecule has 2 heterocycles. The highest BCUT2D eigenvalue weighted by Gasteiger charge is 2.56. The molecule has 1 aliphatic carbocycles. The Hall–Kier alpha value is -1.10. The molecule has 0 aromatic carbocycles. The van der Waals surface area contributed by atoms with Crippen LogP contribution in [0.2, 0.25) is 0 Å². The van der Waals surface area contributed by atoms with Crippen molar-refractivity contribution in [1.82, 2.24) is 9.80 Å². The van der Waals surface area contributed by atoms with Crippen LogP contribution in [0.1, 0.15) is 40.0 Å². The largest absolute Gasteiger partial charge is 0.385 e. The number of nitrogens with two attached hydrogens (primary N) is 1. The monoisotopic (exact) mass is 264 g/mol. The van der Waals surface area contributed by atoms with E-state index in [0.717, 1.165) is 19.5 Å². The number of rotatable bonds is 3. The molecule has 5 nitrogen and oxygen atoms in total. The lowest BCUT2D eigenvalue weighted by Crippen LogP contribution is -2.56. The maximum absolute atomic E-state index is 12.1. The Balaban J connectivity index is 1.87. The summed E-state index contributed by atoms with van der Waals surface area (Å²) in [7, 11) is 0. The van der Waals surface area contributed by atoms with E-state index in [9.17, 15) is 4.79 Å². The van der Waals surface area contributed by atoms with E-state index in [4.69, 9.17) is 5.73 Å². The van der Waals surface area contributed by atoms with Crippen LogP contribution in [0.5, 0.6) is 0 Å². The van der Waals surface area contributed by atoms with Crippen LogP contribution in [-0.4, -0.2) is 52.4 Å². The quantitative estimate of drug-likeness (QED) is 0.839. The molecular formula is C14H24N4O. The summed E-state index contributed by atoms with van der Waals surface area (Å²) in [6, 6.07) is 1.05. The second-order valence-electron chi connectivity index (χ2n) is 6.77. The summed E-state index contributed by atoms with van der Waals surface area (Å²) in [5.74, 6) is 0.973. The summed E-state index contributed by atoms with van der Waals surface area (Å²) < 4.78 is 0. The molecular weight excluding hydrogens is 240 g/mol. The first-order valence-electron chi connectivity index (χ1n) is 7.36. The van der Waals surface area contributed by atoms with Gasteiger partial charge in [0.1, 0.15) is 11.4 Å². The number of hydrogen-bond donors (Lipinski definition) is 1. The number of amidine groups is 1. The standard InChI is InChI=1S/C14H24N4O/c1-9(2)7-18-13(19)16-12(15)14(18)6-10(3)17(8-14)11-4-5-11/h9-11H,4-8H2,1-3H3,(H2,15,16,19). The summed E-state index contributed by atoms with van der Waals surface area (Å²) in [4.78, 5) is 20.6. The summed E-state index contributed by atoms with van der Waals surface area (Å²) in [6.45, 7) is 8.12. The van der Waals surface area contributed by atoms with Gasteiger partial charge in [-0.2, -0.15) is 4.99 Å². The third kappa shape index (κ3) is 1.95. The fraction of sp³-hybridized carbons (Fsp3) is 0.857. The zero-order valence-corrected chi connectivity index (χ0v) is 12.1. The van der Waals surface area contributed by atoms with Crippen molar-refractivity contribution in [3.8, 4) is 0 Å². The van der Waals surface area contributed by atoms with Gasteiger partial charge in [-0.1, -0.05) is 13.8 Å².